The molecule has 1 unspecified atom stereocenters. The van der Waals surface area contributed by atoms with Gasteiger partial charge in [-0.25, -0.2) is 0 Å². The van der Waals surface area contributed by atoms with Gasteiger partial charge in [0.05, 0.1) is 6.04 Å². The van der Waals surface area contributed by atoms with Crippen LogP contribution in [0.4, 0.5) is 0 Å². The maximum Gasteiger partial charge on any atom is 0.160 e. The molecule has 0 radical (unpaired) electrons. The molecular formula is C24H27NO3. The van der Waals surface area contributed by atoms with Crippen molar-refractivity contribution in [3.05, 3.63) is 77.5 Å². The molecule has 4 nitrogen and oxygen atoms in total. The van der Waals surface area contributed by atoms with Gasteiger partial charge in [0.1, 0.15) is 11.5 Å². The Hall–Kier alpha value is -3.01. The number of carbonyl (C=O) groups excluding carboxylic acids is 1. The Bertz CT molecular complexity index is 850. The first kappa shape index (κ1) is 19.7. The summed E-state index contributed by atoms with van der Waals surface area (Å²) in [5, 5.41) is 19.1. The van der Waals surface area contributed by atoms with E-state index in [0.717, 1.165) is 42.6 Å². The van der Waals surface area contributed by atoms with E-state index in [0.29, 0.717) is 6.42 Å². The molecule has 3 rings (SSSR count). The standard InChI is InChI=1S/C24H27NO3/c1-2-3-4-15-25-20(10-5-18-6-11-21(26)12-7-18)16-23(28)17-24(25)19-8-13-22(27)14-9-19/h5-14,16,24,26-27H,2-4,15,17H2,1H3/b10-5+. The molecule has 146 valence electrons. The monoisotopic (exact) mass is 377 g/mol. The maximum atomic E-state index is 12.4. The quantitative estimate of drug-likeness (QED) is 0.651. The Morgan fingerprint density at radius 2 is 1.61 bits per heavy atom. The number of hydrogen-bond acceptors (Lipinski definition) is 4. The molecule has 28 heavy (non-hydrogen) atoms. The SMILES string of the molecule is CCCCCN1C(/C=C/c2ccc(O)cc2)=CC(=O)CC1c1ccc(O)cc1. The summed E-state index contributed by atoms with van der Waals surface area (Å²) in [6.07, 6.45) is 9.44. The molecule has 1 aliphatic rings. The predicted molar refractivity (Wildman–Crippen MR) is 112 cm³/mol. The van der Waals surface area contributed by atoms with Crippen molar-refractivity contribution in [2.45, 2.75) is 38.6 Å². The first-order chi connectivity index (χ1) is 13.6. The highest BCUT2D eigenvalue weighted by molar-refractivity contribution is 5.92. The van der Waals surface area contributed by atoms with Gasteiger partial charge in [0.25, 0.3) is 0 Å². The molecule has 2 aromatic rings. The molecule has 0 saturated carbocycles. The molecule has 0 spiro atoms. The molecule has 0 saturated heterocycles. The van der Waals surface area contributed by atoms with Crippen LogP contribution < -0.4 is 0 Å². The summed E-state index contributed by atoms with van der Waals surface area (Å²) in [6, 6.07) is 14.1. The van der Waals surface area contributed by atoms with Crippen LogP contribution >= 0.6 is 0 Å². The molecule has 4 heteroatoms. The Labute approximate surface area is 166 Å². The van der Waals surface area contributed by atoms with Gasteiger partial charge >= 0.3 is 0 Å². The van der Waals surface area contributed by atoms with E-state index >= 15 is 0 Å². The lowest BCUT2D eigenvalue weighted by atomic mass is 9.94. The molecule has 0 bridgehead atoms. The second kappa shape index (κ2) is 9.27. The number of phenolic OH excluding ortho intramolecular Hbond substituents is 2. The van der Waals surface area contributed by atoms with Crippen LogP contribution in [0.2, 0.25) is 0 Å². The Morgan fingerprint density at radius 3 is 2.25 bits per heavy atom. The van der Waals surface area contributed by atoms with Gasteiger partial charge in [-0.2, -0.15) is 0 Å². The third kappa shape index (κ3) is 5.03. The molecule has 2 aromatic carbocycles. The molecule has 0 aromatic heterocycles. The van der Waals surface area contributed by atoms with Gasteiger partial charge < -0.3 is 15.1 Å². The zero-order chi connectivity index (χ0) is 19.9. The second-order valence-corrected chi connectivity index (χ2v) is 7.17. The second-order valence-electron chi connectivity index (χ2n) is 7.17. The molecule has 0 amide bonds. The topological polar surface area (TPSA) is 60.8 Å². The zero-order valence-corrected chi connectivity index (χ0v) is 16.2. The maximum absolute atomic E-state index is 12.4. The molecule has 1 aliphatic heterocycles. The van der Waals surface area contributed by atoms with Crippen LogP contribution in [-0.2, 0) is 4.79 Å². The van der Waals surface area contributed by atoms with Gasteiger partial charge in [-0.3, -0.25) is 4.79 Å². The van der Waals surface area contributed by atoms with Gasteiger partial charge in [-0.1, -0.05) is 50.1 Å². The summed E-state index contributed by atoms with van der Waals surface area (Å²) >= 11 is 0. The Kier molecular flexibility index (Phi) is 6.53. The van der Waals surface area contributed by atoms with Crippen molar-refractivity contribution in [3.63, 3.8) is 0 Å². The number of phenols is 2. The average Bonchev–Trinajstić information content (AvgIpc) is 2.69. The fourth-order valence-electron chi connectivity index (χ4n) is 3.51. The molecule has 0 fully saturated rings. The molecule has 0 aliphatic carbocycles. The summed E-state index contributed by atoms with van der Waals surface area (Å²) in [6.45, 7) is 3.05. The van der Waals surface area contributed by atoms with Gasteiger partial charge in [-0.15, -0.1) is 0 Å². The smallest absolute Gasteiger partial charge is 0.160 e. The Balaban J connectivity index is 1.89. The van der Waals surface area contributed by atoms with Crippen molar-refractivity contribution in [2.24, 2.45) is 0 Å². The van der Waals surface area contributed by atoms with E-state index < -0.39 is 0 Å². The minimum Gasteiger partial charge on any atom is -0.508 e. The van der Waals surface area contributed by atoms with Crippen molar-refractivity contribution in [2.75, 3.05) is 6.54 Å². The first-order valence-corrected chi connectivity index (χ1v) is 9.84. The number of allylic oxidation sites excluding steroid dienone is 2. The predicted octanol–water partition coefficient (Wildman–Crippen LogP) is 5.20. The number of benzene rings is 2. The molecule has 1 heterocycles. The Morgan fingerprint density at radius 1 is 0.964 bits per heavy atom. The number of ketones is 1. The number of hydrogen-bond donors (Lipinski definition) is 2. The highest BCUT2D eigenvalue weighted by Gasteiger charge is 2.28. The summed E-state index contributed by atoms with van der Waals surface area (Å²) in [5.41, 5.74) is 2.90. The summed E-state index contributed by atoms with van der Waals surface area (Å²) < 4.78 is 0. The van der Waals surface area contributed by atoms with E-state index in [4.69, 9.17) is 0 Å². The van der Waals surface area contributed by atoms with Crippen LogP contribution in [0, 0.1) is 0 Å². The lowest BCUT2D eigenvalue weighted by molar-refractivity contribution is -0.116. The summed E-state index contributed by atoms with van der Waals surface area (Å²) in [4.78, 5) is 14.7. The molecular weight excluding hydrogens is 350 g/mol. The van der Waals surface area contributed by atoms with Crippen LogP contribution in [0.5, 0.6) is 11.5 Å². The first-order valence-electron chi connectivity index (χ1n) is 9.84. The number of aromatic hydroxyl groups is 2. The van der Waals surface area contributed by atoms with Gasteiger partial charge in [-0.05, 0) is 47.9 Å². The summed E-state index contributed by atoms with van der Waals surface area (Å²) in [7, 11) is 0. The van der Waals surface area contributed by atoms with Gasteiger partial charge in [0.2, 0.25) is 0 Å². The fraction of sp³-hybridized carbons (Fsp3) is 0.292. The third-order valence-electron chi connectivity index (χ3n) is 5.03. The lowest BCUT2D eigenvalue weighted by Crippen LogP contribution is -2.34. The van der Waals surface area contributed by atoms with E-state index in [1.165, 1.54) is 0 Å². The fourth-order valence-corrected chi connectivity index (χ4v) is 3.51. The molecule has 1 atom stereocenters. The van der Waals surface area contributed by atoms with Crippen LogP contribution in [0.15, 0.2) is 66.4 Å². The van der Waals surface area contributed by atoms with E-state index in [1.54, 1.807) is 30.3 Å². The highest BCUT2D eigenvalue weighted by atomic mass is 16.3. The van der Waals surface area contributed by atoms with Crippen molar-refractivity contribution < 1.29 is 15.0 Å². The van der Waals surface area contributed by atoms with Crippen molar-refractivity contribution >= 4 is 11.9 Å². The van der Waals surface area contributed by atoms with Crippen LogP contribution in [0.1, 0.15) is 49.8 Å². The van der Waals surface area contributed by atoms with Crippen LogP contribution in [0.25, 0.3) is 6.08 Å². The number of carbonyl (C=O) groups is 1. The minimum absolute atomic E-state index is 0.0329. The third-order valence-corrected chi connectivity index (χ3v) is 5.03. The van der Waals surface area contributed by atoms with E-state index in [1.807, 2.05) is 36.4 Å². The number of rotatable bonds is 7. The van der Waals surface area contributed by atoms with Gasteiger partial charge in [0, 0.05) is 24.7 Å². The van der Waals surface area contributed by atoms with Crippen molar-refractivity contribution in [1.82, 2.24) is 4.90 Å². The van der Waals surface area contributed by atoms with E-state index in [2.05, 4.69) is 11.8 Å². The summed E-state index contributed by atoms with van der Waals surface area (Å²) in [5.74, 6) is 0.569. The van der Waals surface area contributed by atoms with E-state index in [9.17, 15) is 15.0 Å². The number of nitrogens with zero attached hydrogens (tertiary/aromatic N) is 1. The lowest BCUT2D eigenvalue weighted by Gasteiger charge is -2.37. The largest absolute Gasteiger partial charge is 0.508 e. The number of unbranched alkanes of at least 4 members (excludes halogenated alkanes) is 2. The zero-order valence-electron chi connectivity index (χ0n) is 16.2. The molecule has 2 N–H and O–H groups in total. The van der Waals surface area contributed by atoms with Crippen molar-refractivity contribution in [3.8, 4) is 11.5 Å². The average molecular weight is 377 g/mol. The van der Waals surface area contributed by atoms with E-state index in [-0.39, 0.29) is 23.3 Å². The highest BCUT2D eigenvalue weighted by Crippen LogP contribution is 2.34. The minimum atomic E-state index is -0.0329. The van der Waals surface area contributed by atoms with Crippen molar-refractivity contribution in [1.29, 1.82) is 0 Å². The van der Waals surface area contributed by atoms with Crippen LogP contribution in [-0.4, -0.2) is 27.4 Å². The van der Waals surface area contributed by atoms with Crippen LogP contribution in [0.3, 0.4) is 0 Å². The normalized spacial score (nSPS) is 17.2. The van der Waals surface area contributed by atoms with Gasteiger partial charge in [0.15, 0.2) is 5.78 Å².